The van der Waals surface area contributed by atoms with Crippen LogP contribution in [0, 0.1) is 11.6 Å². The highest BCUT2D eigenvalue weighted by molar-refractivity contribution is 7.88. The van der Waals surface area contributed by atoms with Gasteiger partial charge in [0.2, 0.25) is 10.0 Å². The molecule has 8 heteroatoms. The van der Waals surface area contributed by atoms with Gasteiger partial charge in [-0.3, -0.25) is 0 Å². The maximum atomic E-state index is 13.1. The predicted octanol–water partition coefficient (Wildman–Crippen LogP) is 0.916. The highest BCUT2D eigenvalue weighted by atomic mass is 32.2. The molecule has 0 radical (unpaired) electrons. The SMILES string of the molecule is CC(C)(CNCC(O)c1ccc(F)c(F)c1)NS(C)(=O)=O. The highest BCUT2D eigenvalue weighted by Gasteiger charge is 2.22. The van der Waals surface area contributed by atoms with Crippen LogP contribution in [0.1, 0.15) is 25.5 Å². The van der Waals surface area contributed by atoms with E-state index in [1.807, 2.05) is 0 Å². The fourth-order valence-corrected chi connectivity index (χ4v) is 2.97. The molecule has 5 nitrogen and oxygen atoms in total. The normalized spacial score (nSPS) is 14.2. The number of hydrogen-bond donors (Lipinski definition) is 3. The Morgan fingerprint density at radius 1 is 1.29 bits per heavy atom. The third-order valence-corrected chi connectivity index (χ3v) is 3.62. The van der Waals surface area contributed by atoms with Crippen molar-refractivity contribution in [3.8, 4) is 0 Å². The minimum atomic E-state index is -3.34. The zero-order valence-corrected chi connectivity index (χ0v) is 13.0. The van der Waals surface area contributed by atoms with E-state index in [0.29, 0.717) is 0 Å². The molecule has 0 spiro atoms. The first kappa shape index (κ1) is 18.0. The lowest BCUT2D eigenvalue weighted by atomic mass is 10.1. The summed E-state index contributed by atoms with van der Waals surface area (Å²) >= 11 is 0. The van der Waals surface area contributed by atoms with Gasteiger partial charge in [-0.05, 0) is 31.5 Å². The van der Waals surface area contributed by atoms with Gasteiger partial charge in [-0.25, -0.2) is 21.9 Å². The van der Waals surface area contributed by atoms with Crippen LogP contribution in [0.25, 0.3) is 0 Å². The Kier molecular flexibility index (Phi) is 5.80. The molecule has 0 heterocycles. The molecule has 1 unspecified atom stereocenters. The first-order valence-electron chi connectivity index (χ1n) is 6.33. The van der Waals surface area contributed by atoms with Gasteiger partial charge in [-0.2, -0.15) is 0 Å². The van der Waals surface area contributed by atoms with Crippen LogP contribution in [0.15, 0.2) is 18.2 Å². The van der Waals surface area contributed by atoms with E-state index in [-0.39, 0.29) is 18.7 Å². The van der Waals surface area contributed by atoms with Crippen LogP contribution in [0.4, 0.5) is 8.78 Å². The second-order valence-corrected chi connectivity index (χ2v) is 7.33. The van der Waals surface area contributed by atoms with E-state index in [4.69, 9.17) is 0 Å². The fraction of sp³-hybridized carbons (Fsp3) is 0.538. The Hall–Kier alpha value is -1.09. The summed E-state index contributed by atoms with van der Waals surface area (Å²) in [6, 6.07) is 3.18. The number of sulfonamides is 1. The van der Waals surface area contributed by atoms with Gasteiger partial charge in [0.15, 0.2) is 11.6 Å². The van der Waals surface area contributed by atoms with Crippen molar-refractivity contribution in [2.75, 3.05) is 19.3 Å². The minimum absolute atomic E-state index is 0.0833. The third-order valence-electron chi connectivity index (χ3n) is 2.69. The minimum Gasteiger partial charge on any atom is -0.387 e. The molecule has 0 aliphatic heterocycles. The van der Waals surface area contributed by atoms with Gasteiger partial charge >= 0.3 is 0 Å². The van der Waals surface area contributed by atoms with Crippen molar-refractivity contribution in [2.45, 2.75) is 25.5 Å². The predicted molar refractivity (Wildman–Crippen MR) is 76.2 cm³/mol. The topological polar surface area (TPSA) is 78.4 Å². The number of halogens is 2. The molecule has 120 valence electrons. The molecule has 1 aromatic carbocycles. The van der Waals surface area contributed by atoms with Crippen molar-refractivity contribution in [2.24, 2.45) is 0 Å². The van der Waals surface area contributed by atoms with Crippen LogP contribution in [0.3, 0.4) is 0 Å². The van der Waals surface area contributed by atoms with E-state index in [1.54, 1.807) is 13.8 Å². The molecule has 21 heavy (non-hydrogen) atoms. The van der Waals surface area contributed by atoms with Crippen molar-refractivity contribution in [1.29, 1.82) is 0 Å². The number of nitrogens with one attached hydrogen (secondary N) is 2. The summed E-state index contributed by atoms with van der Waals surface area (Å²) < 4.78 is 50.6. The molecular weight excluding hydrogens is 302 g/mol. The first-order chi connectivity index (χ1) is 9.50. The van der Waals surface area contributed by atoms with Gasteiger partial charge in [0.1, 0.15) is 0 Å². The van der Waals surface area contributed by atoms with Crippen LogP contribution in [0.5, 0.6) is 0 Å². The maximum absolute atomic E-state index is 13.1. The lowest BCUT2D eigenvalue weighted by molar-refractivity contribution is 0.171. The molecule has 0 aliphatic carbocycles. The lowest BCUT2D eigenvalue weighted by Crippen LogP contribution is -2.50. The molecule has 1 aromatic rings. The number of benzene rings is 1. The molecule has 0 saturated heterocycles. The Balaban J connectivity index is 2.53. The molecule has 3 N–H and O–H groups in total. The van der Waals surface area contributed by atoms with E-state index >= 15 is 0 Å². The van der Waals surface area contributed by atoms with Gasteiger partial charge in [-0.15, -0.1) is 0 Å². The summed E-state index contributed by atoms with van der Waals surface area (Å²) in [6.45, 7) is 3.72. The zero-order valence-electron chi connectivity index (χ0n) is 12.2. The van der Waals surface area contributed by atoms with Crippen molar-refractivity contribution in [3.63, 3.8) is 0 Å². The van der Waals surface area contributed by atoms with Crippen molar-refractivity contribution in [1.82, 2.24) is 10.0 Å². The summed E-state index contributed by atoms with van der Waals surface area (Å²) in [5.41, 5.74) is -0.489. The van der Waals surface area contributed by atoms with Gasteiger partial charge in [0.05, 0.1) is 12.4 Å². The molecule has 0 saturated carbocycles. The number of hydrogen-bond acceptors (Lipinski definition) is 4. The second kappa shape index (κ2) is 6.78. The monoisotopic (exact) mass is 322 g/mol. The van der Waals surface area contributed by atoms with E-state index in [0.717, 1.165) is 18.4 Å². The molecule has 1 atom stereocenters. The Labute approximate surface area is 123 Å². The largest absolute Gasteiger partial charge is 0.387 e. The molecular formula is C13H20F2N2O3S. The van der Waals surface area contributed by atoms with Gasteiger partial charge in [0.25, 0.3) is 0 Å². The van der Waals surface area contributed by atoms with E-state index in [9.17, 15) is 22.3 Å². The van der Waals surface area contributed by atoms with Crippen LogP contribution >= 0.6 is 0 Å². The molecule has 0 bridgehead atoms. The third kappa shape index (κ3) is 6.47. The summed E-state index contributed by atoms with van der Waals surface area (Å²) in [7, 11) is -3.34. The molecule has 0 fully saturated rings. The van der Waals surface area contributed by atoms with Crippen molar-refractivity contribution < 1.29 is 22.3 Å². The summed E-state index contributed by atoms with van der Waals surface area (Å²) in [4.78, 5) is 0. The van der Waals surface area contributed by atoms with E-state index in [1.165, 1.54) is 6.07 Å². The fourth-order valence-electron chi connectivity index (χ4n) is 1.90. The summed E-state index contributed by atoms with van der Waals surface area (Å²) in [6.07, 6.45) is 0.0411. The quantitative estimate of drug-likeness (QED) is 0.697. The van der Waals surface area contributed by atoms with Crippen LogP contribution in [-0.2, 0) is 10.0 Å². The number of aliphatic hydroxyl groups excluding tert-OH is 1. The summed E-state index contributed by atoms with van der Waals surface area (Å²) in [5.74, 6) is -2.00. The average Bonchev–Trinajstić information content (AvgIpc) is 2.29. The van der Waals surface area contributed by atoms with E-state index < -0.39 is 33.3 Å². The number of aliphatic hydroxyl groups is 1. The first-order valence-corrected chi connectivity index (χ1v) is 8.22. The van der Waals surface area contributed by atoms with Crippen LogP contribution in [-0.4, -0.2) is 38.4 Å². The average molecular weight is 322 g/mol. The zero-order chi connectivity index (χ0) is 16.3. The highest BCUT2D eigenvalue weighted by Crippen LogP contribution is 2.15. The second-order valence-electron chi connectivity index (χ2n) is 5.58. The Morgan fingerprint density at radius 3 is 2.43 bits per heavy atom. The Morgan fingerprint density at radius 2 is 1.90 bits per heavy atom. The standard InChI is InChI=1S/C13H20F2N2O3S/c1-13(2,17-21(3,19)20)8-16-7-12(18)9-4-5-10(14)11(15)6-9/h4-6,12,16-18H,7-8H2,1-3H3. The number of rotatable bonds is 7. The van der Waals surface area contributed by atoms with Gasteiger partial charge in [-0.1, -0.05) is 6.07 Å². The smallest absolute Gasteiger partial charge is 0.209 e. The molecule has 0 amide bonds. The van der Waals surface area contributed by atoms with Gasteiger partial charge < -0.3 is 10.4 Å². The van der Waals surface area contributed by atoms with E-state index in [2.05, 4.69) is 10.0 Å². The Bertz CT molecular complexity index is 591. The van der Waals surface area contributed by atoms with Gasteiger partial charge in [0, 0.05) is 18.6 Å². The van der Waals surface area contributed by atoms with Crippen LogP contribution < -0.4 is 10.0 Å². The van der Waals surface area contributed by atoms with Crippen LogP contribution in [0.2, 0.25) is 0 Å². The molecule has 0 aliphatic rings. The van der Waals surface area contributed by atoms with Crippen molar-refractivity contribution >= 4 is 10.0 Å². The molecule has 1 rings (SSSR count). The van der Waals surface area contributed by atoms with Crippen molar-refractivity contribution in [3.05, 3.63) is 35.4 Å². The molecule has 0 aromatic heterocycles. The lowest BCUT2D eigenvalue weighted by Gasteiger charge is -2.26. The summed E-state index contributed by atoms with van der Waals surface area (Å²) in [5, 5.41) is 12.8. The maximum Gasteiger partial charge on any atom is 0.209 e.